The zero-order valence-corrected chi connectivity index (χ0v) is 11.4. The second-order valence-electron chi connectivity index (χ2n) is 4.05. The van der Waals surface area contributed by atoms with Gasteiger partial charge in [-0.2, -0.15) is 0 Å². The summed E-state index contributed by atoms with van der Waals surface area (Å²) in [4.78, 5) is 11.6. The van der Waals surface area contributed by atoms with E-state index in [2.05, 4.69) is 35.0 Å². The Morgan fingerprint density at radius 3 is 2.41 bits per heavy atom. The summed E-state index contributed by atoms with van der Waals surface area (Å²) in [5.41, 5.74) is 1.92. The summed E-state index contributed by atoms with van der Waals surface area (Å²) in [6.45, 7) is 3.68. The Bertz CT molecular complexity index is 530. The number of hydrogen-bond acceptors (Lipinski definition) is 1. The van der Waals surface area contributed by atoms with Crippen LogP contribution in [0.1, 0.15) is 35.9 Å². The number of Topliss-reactive ketones (excluding diaryl/α,β-unsaturated/α-hetero) is 1. The molecule has 1 aromatic carbocycles. The molecule has 0 amide bonds. The number of benzene rings is 1. The second kappa shape index (κ2) is 4.88. The molecule has 0 saturated heterocycles. The zero-order chi connectivity index (χ0) is 12.4. The molecule has 0 spiro atoms. The Labute approximate surface area is 109 Å². The van der Waals surface area contributed by atoms with Crippen LogP contribution in [0.2, 0.25) is 0 Å². The highest BCUT2D eigenvalue weighted by Crippen LogP contribution is 2.26. The van der Waals surface area contributed by atoms with Crippen LogP contribution in [0.3, 0.4) is 0 Å². The number of nitrogens with zero attached hydrogens (tertiary/aromatic N) is 1. The Kier molecular flexibility index (Phi) is 3.48. The van der Waals surface area contributed by atoms with Gasteiger partial charge in [0.2, 0.25) is 0 Å². The van der Waals surface area contributed by atoms with E-state index in [4.69, 9.17) is 0 Å². The van der Waals surface area contributed by atoms with E-state index in [9.17, 15) is 4.79 Å². The van der Waals surface area contributed by atoms with Crippen molar-refractivity contribution >= 4 is 21.7 Å². The molecule has 0 aliphatic heterocycles. The van der Waals surface area contributed by atoms with Crippen LogP contribution >= 0.6 is 15.9 Å². The lowest BCUT2D eigenvalue weighted by molar-refractivity contribution is 0.100. The van der Waals surface area contributed by atoms with Gasteiger partial charge in [-0.05, 0) is 40.5 Å². The smallest absolute Gasteiger partial charge is 0.176 e. The summed E-state index contributed by atoms with van der Waals surface area (Å²) < 4.78 is 2.94. The van der Waals surface area contributed by atoms with E-state index in [1.54, 1.807) is 6.92 Å². The van der Waals surface area contributed by atoms with Crippen molar-refractivity contribution in [3.63, 3.8) is 0 Å². The predicted molar refractivity (Wildman–Crippen MR) is 72.4 cm³/mol. The monoisotopic (exact) mass is 291 g/mol. The molecule has 1 atom stereocenters. The van der Waals surface area contributed by atoms with E-state index in [0.717, 1.165) is 10.3 Å². The third-order valence-corrected chi connectivity index (χ3v) is 3.54. The Hall–Kier alpha value is -1.35. The van der Waals surface area contributed by atoms with Crippen molar-refractivity contribution < 1.29 is 4.79 Å². The molecular weight excluding hydrogens is 278 g/mol. The minimum absolute atomic E-state index is 0.0819. The molecule has 0 radical (unpaired) electrons. The molecule has 0 saturated carbocycles. The molecule has 0 unspecified atom stereocenters. The fraction of sp³-hybridized carbons (Fsp3) is 0.214. The number of aromatic nitrogens is 1. The van der Waals surface area contributed by atoms with Crippen molar-refractivity contribution in [1.29, 1.82) is 0 Å². The summed E-state index contributed by atoms with van der Waals surface area (Å²) in [5, 5.41) is 0. The highest BCUT2D eigenvalue weighted by atomic mass is 79.9. The first-order chi connectivity index (χ1) is 8.11. The number of carbonyl (C=O) groups is 1. The van der Waals surface area contributed by atoms with Gasteiger partial charge in [-0.1, -0.05) is 30.3 Å². The number of rotatable bonds is 3. The average molecular weight is 292 g/mol. The number of carbonyl (C=O) groups excluding carboxylic acids is 1. The molecule has 0 aliphatic carbocycles. The van der Waals surface area contributed by atoms with E-state index in [1.165, 1.54) is 5.56 Å². The highest BCUT2D eigenvalue weighted by molar-refractivity contribution is 9.10. The van der Waals surface area contributed by atoms with Crippen LogP contribution < -0.4 is 0 Å². The van der Waals surface area contributed by atoms with Gasteiger partial charge < -0.3 is 4.57 Å². The van der Waals surface area contributed by atoms with Crippen molar-refractivity contribution in [3.8, 4) is 0 Å². The van der Waals surface area contributed by atoms with Crippen molar-refractivity contribution in [2.45, 2.75) is 19.9 Å². The molecule has 2 rings (SSSR count). The van der Waals surface area contributed by atoms with Crippen LogP contribution in [-0.2, 0) is 0 Å². The van der Waals surface area contributed by atoms with Gasteiger partial charge in [-0.3, -0.25) is 4.79 Å². The number of halogens is 1. The molecule has 0 aliphatic rings. The zero-order valence-electron chi connectivity index (χ0n) is 9.85. The molecule has 2 nitrogen and oxygen atoms in total. The number of ketones is 1. The van der Waals surface area contributed by atoms with Crippen molar-refractivity contribution in [2.75, 3.05) is 0 Å². The molecular formula is C14H14BrNO. The highest BCUT2D eigenvalue weighted by Gasteiger charge is 2.16. The van der Waals surface area contributed by atoms with E-state index >= 15 is 0 Å². The lowest BCUT2D eigenvalue weighted by Gasteiger charge is -2.18. The van der Waals surface area contributed by atoms with Gasteiger partial charge in [-0.25, -0.2) is 0 Å². The van der Waals surface area contributed by atoms with Crippen LogP contribution in [0, 0.1) is 0 Å². The molecule has 1 heterocycles. The maximum atomic E-state index is 11.6. The van der Waals surface area contributed by atoms with Crippen molar-refractivity contribution in [2.24, 2.45) is 0 Å². The SMILES string of the molecule is CC(=O)c1ccc(Br)n1[C@H](C)c1ccccc1. The minimum atomic E-state index is 0.0819. The summed E-state index contributed by atoms with van der Waals surface area (Å²) in [7, 11) is 0. The molecule has 2 aromatic rings. The summed E-state index contributed by atoms with van der Waals surface area (Å²) in [5.74, 6) is 0.0819. The van der Waals surface area contributed by atoms with Crippen LogP contribution in [0.4, 0.5) is 0 Å². The first-order valence-corrected chi connectivity index (χ1v) is 6.33. The van der Waals surface area contributed by atoms with Crippen LogP contribution in [0.5, 0.6) is 0 Å². The van der Waals surface area contributed by atoms with Crippen molar-refractivity contribution in [3.05, 3.63) is 58.3 Å². The van der Waals surface area contributed by atoms with E-state index in [1.807, 2.05) is 34.9 Å². The lowest BCUT2D eigenvalue weighted by Crippen LogP contribution is -2.12. The molecule has 0 N–H and O–H groups in total. The minimum Gasteiger partial charge on any atom is -0.326 e. The van der Waals surface area contributed by atoms with Crippen LogP contribution in [0.25, 0.3) is 0 Å². The first-order valence-electron chi connectivity index (χ1n) is 5.54. The van der Waals surface area contributed by atoms with Gasteiger partial charge in [0.1, 0.15) is 0 Å². The molecule has 0 bridgehead atoms. The maximum absolute atomic E-state index is 11.6. The Morgan fingerprint density at radius 2 is 1.82 bits per heavy atom. The first kappa shape index (κ1) is 12.1. The second-order valence-corrected chi connectivity index (χ2v) is 4.87. The van der Waals surface area contributed by atoms with Crippen LogP contribution in [0.15, 0.2) is 47.1 Å². The van der Waals surface area contributed by atoms with Gasteiger partial charge in [0.05, 0.1) is 16.3 Å². The average Bonchev–Trinajstić information content (AvgIpc) is 2.71. The fourth-order valence-corrected chi connectivity index (χ4v) is 2.61. The molecule has 0 fully saturated rings. The summed E-state index contributed by atoms with van der Waals surface area (Å²) >= 11 is 3.49. The third kappa shape index (κ3) is 2.34. The van der Waals surface area contributed by atoms with E-state index < -0.39 is 0 Å². The molecule has 1 aromatic heterocycles. The van der Waals surface area contributed by atoms with Gasteiger partial charge in [0, 0.05) is 6.92 Å². The van der Waals surface area contributed by atoms with Gasteiger partial charge >= 0.3 is 0 Å². The standard InChI is InChI=1S/C14H14BrNO/c1-10(12-6-4-3-5-7-12)16-13(11(2)17)8-9-14(16)15/h3-10H,1-2H3/t10-/m1/s1. The van der Waals surface area contributed by atoms with E-state index in [-0.39, 0.29) is 11.8 Å². The summed E-state index contributed by atoms with van der Waals surface area (Å²) in [6.07, 6.45) is 0. The fourth-order valence-electron chi connectivity index (χ4n) is 1.98. The van der Waals surface area contributed by atoms with Crippen LogP contribution in [-0.4, -0.2) is 10.4 Å². The largest absolute Gasteiger partial charge is 0.326 e. The topological polar surface area (TPSA) is 22.0 Å². The lowest BCUT2D eigenvalue weighted by atomic mass is 10.1. The molecule has 17 heavy (non-hydrogen) atoms. The Balaban J connectivity index is 2.47. The maximum Gasteiger partial charge on any atom is 0.176 e. The predicted octanol–water partition coefficient (Wildman–Crippen LogP) is 4.06. The molecule has 88 valence electrons. The van der Waals surface area contributed by atoms with Gasteiger partial charge in [0.15, 0.2) is 5.78 Å². The van der Waals surface area contributed by atoms with Gasteiger partial charge in [-0.15, -0.1) is 0 Å². The quantitative estimate of drug-likeness (QED) is 0.782. The summed E-state index contributed by atoms with van der Waals surface area (Å²) in [6, 6.07) is 14.1. The Morgan fingerprint density at radius 1 is 1.18 bits per heavy atom. The van der Waals surface area contributed by atoms with E-state index in [0.29, 0.717) is 0 Å². The number of hydrogen-bond donors (Lipinski definition) is 0. The van der Waals surface area contributed by atoms with Crippen molar-refractivity contribution in [1.82, 2.24) is 4.57 Å². The van der Waals surface area contributed by atoms with Gasteiger partial charge in [0.25, 0.3) is 0 Å². The third-order valence-electron chi connectivity index (χ3n) is 2.90. The normalized spacial score (nSPS) is 12.4. The molecule has 3 heteroatoms.